The second-order valence-corrected chi connectivity index (χ2v) is 7.45. The molecule has 1 saturated heterocycles. The van der Waals surface area contributed by atoms with E-state index in [4.69, 9.17) is 14.2 Å². The third-order valence-electron chi connectivity index (χ3n) is 4.35. The summed E-state index contributed by atoms with van der Waals surface area (Å²) in [5, 5.41) is 9.01. The van der Waals surface area contributed by atoms with E-state index in [1.54, 1.807) is 31.4 Å². The molecule has 0 aliphatic carbocycles. The Labute approximate surface area is 180 Å². The lowest BCUT2D eigenvalue weighted by atomic mass is 10.2. The molecular formula is C22H25N3O4S. The Morgan fingerprint density at radius 2 is 1.87 bits per heavy atom. The van der Waals surface area contributed by atoms with E-state index < -0.39 is 0 Å². The molecule has 0 atom stereocenters. The Balaban J connectivity index is 1.68. The molecule has 1 amide bonds. The van der Waals surface area contributed by atoms with Gasteiger partial charge < -0.3 is 14.2 Å². The van der Waals surface area contributed by atoms with Gasteiger partial charge in [-0.3, -0.25) is 9.69 Å². The number of hydrogen-bond acceptors (Lipinski definition) is 7. The first kappa shape index (κ1) is 21.7. The molecule has 2 aromatic rings. The molecule has 1 aliphatic heterocycles. The van der Waals surface area contributed by atoms with Gasteiger partial charge in [0.1, 0.15) is 5.75 Å². The van der Waals surface area contributed by atoms with Gasteiger partial charge in [-0.05, 0) is 47.9 Å². The normalized spacial score (nSPS) is 15.2. The van der Waals surface area contributed by atoms with E-state index in [9.17, 15) is 4.79 Å². The number of hydrogen-bond donors (Lipinski definition) is 0. The van der Waals surface area contributed by atoms with Gasteiger partial charge in [-0.15, -0.1) is 5.10 Å². The van der Waals surface area contributed by atoms with Crippen LogP contribution in [0.2, 0.25) is 0 Å². The molecule has 0 spiro atoms. The second-order valence-electron chi connectivity index (χ2n) is 6.50. The van der Waals surface area contributed by atoms with E-state index >= 15 is 0 Å². The van der Waals surface area contributed by atoms with Crippen molar-refractivity contribution in [1.82, 2.24) is 4.90 Å². The molecule has 0 bridgehead atoms. The van der Waals surface area contributed by atoms with Crippen molar-refractivity contribution < 1.29 is 19.0 Å². The SMILES string of the molecule is CCCOc1ccc(CN2C(=O)CS/C2=N/N=C/c2ccc(OC)c(OC)c2)cc1. The maximum absolute atomic E-state index is 12.3. The number of nitrogens with zero attached hydrogens (tertiary/aromatic N) is 3. The predicted molar refractivity (Wildman–Crippen MR) is 120 cm³/mol. The first-order valence-corrected chi connectivity index (χ1v) is 10.6. The summed E-state index contributed by atoms with van der Waals surface area (Å²) in [4.78, 5) is 14.0. The monoisotopic (exact) mass is 427 g/mol. The summed E-state index contributed by atoms with van der Waals surface area (Å²) >= 11 is 1.38. The van der Waals surface area contributed by atoms with Crippen molar-refractivity contribution in [3.63, 3.8) is 0 Å². The van der Waals surface area contributed by atoms with Crippen molar-refractivity contribution in [2.45, 2.75) is 19.9 Å². The lowest BCUT2D eigenvalue weighted by Crippen LogP contribution is -2.28. The summed E-state index contributed by atoms with van der Waals surface area (Å²) in [5.74, 6) is 2.48. The maximum atomic E-state index is 12.3. The zero-order valence-electron chi connectivity index (χ0n) is 17.3. The summed E-state index contributed by atoms with van der Waals surface area (Å²) in [6.45, 7) is 3.21. The second kappa shape index (κ2) is 10.7. The van der Waals surface area contributed by atoms with E-state index in [2.05, 4.69) is 17.1 Å². The van der Waals surface area contributed by atoms with Crippen molar-refractivity contribution in [2.24, 2.45) is 10.2 Å². The quantitative estimate of drug-likeness (QED) is 0.447. The fraction of sp³-hybridized carbons (Fsp3) is 0.318. The molecular weight excluding hydrogens is 402 g/mol. The molecule has 2 aromatic carbocycles. The Morgan fingerprint density at radius 3 is 2.57 bits per heavy atom. The average molecular weight is 428 g/mol. The molecule has 0 unspecified atom stereocenters. The zero-order chi connectivity index (χ0) is 21.3. The predicted octanol–water partition coefficient (Wildman–Crippen LogP) is 3.96. The van der Waals surface area contributed by atoms with Gasteiger partial charge in [0.15, 0.2) is 16.7 Å². The molecule has 0 saturated carbocycles. The summed E-state index contributed by atoms with van der Waals surface area (Å²) in [6.07, 6.45) is 2.58. The van der Waals surface area contributed by atoms with Crippen LogP contribution < -0.4 is 14.2 Å². The van der Waals surface area contributed by atoms with E-state index in [1.807, 2.05) is 36.4 Å². The van der Waals surface area contributed by atoms with Gasteiger partial charge in [-0.25, -0.2) is 0 Å². The van der Waals surface area contributed by atoms with Gasteiger partial charge in [-0.2, -0.15) is 5.10 Å². The Bertz CT molecular complexity index is 928. The first-order valence-electron chi connectivity index (χ1n) is 9.62. The number of amides is 1. The van der Waals surface area contributed by atoms with Crippen molar-refractivity contribution in [2.75, 3.05) is 26.6 Å². The van der Waals surface area contributed by atoms with Crippen LogP contribution in [-0.4, -0.2) is 48.8 Å². The molecule has 0 N–H and O–H groups in total. The summed E-state index contributed by atoms with van der Waals surface area (Å²) < 4.78 is 16.1. The first-order chi connectivity index (χ1) is 14.6. The molecule has 158 valence electrons. The van der Waals surface area contributed by atoms with Gasteiger partial charge in [0, 0.05) is 0 Å². The Morgan fingerprint density at radius 1 is 1.10 bits per heavy atom. The fourth-order valence-corrected chi connectivity index (χ4v) is 3.63. The van der Waals surface area contributed by atoms with Crippen LogP contribution in [-0.2, 0) is 11.3 Å². The van der Waals surface area contributed by atoms with Crippen LogP contribution in [0.4, 0.5) is 0 Å². The number of benzene rings is 2. The lowest BCUT2D eigenvalue weighted by molar-refractivity contribution is -0.124. The molecule has 0 radical (unpaired) electrons. The smallest absolute Gasteiger partial charge is 0.239 e. The minimum Gasteiger partial charge on any atom is -0.494 e. The molecule has 3 rings (SSSR count). The molecule has 7 nitrogen and oxygen atoms in total. The molecule has 1 fully saturated rings. The third-order valence-corrected chi connectivity index (χ3v) is 5.30. The number of carbonyl (C=O) groups excluding carboxylic acids is 1. The van der Waals surface area contributed by atoms with Crippen molar-refractivity contribution in [3.8, 4) is 17.2 Å². The van der Waals surface area contributed by atoms with E-state index in [1.165, 1.54) is 11.8 Å². The van der Waals surface area contributed by atoms with Crippen LogP contribution in [0.15, 0.2) is 52.7 Å². The van der Waals surface area contributed by atoms with Crippen LogP contribution >= 0.6 is 11.8 Å². The Kier molecular flexibility index (Phi) is 7.73. The Hall–Kier alpha value is -3.00. The number of ether oxygens (including phenoxy) is 3. The largest absolute Gasteiger partial charge is 0.494 e. The topological polar surface area (TPSA) is 72.7 Å². The van der Waals surface area contributed by atoms with Gasteiger partial charge in [0.05, 0.1) is 39.3 Å². The highest BCUT2D eigenvalue weighted by Gasteiger charge is 2.28. The third kappa shape index (κ3) is 5.54. The molecule has 1 heterocycles. The van der Waals surface area contributed by atoms with E-state index in [-0.39, 0.29) is 5.91 Å². The summed E-state index contributed by atoms with van der Waals surface area (Å²) in [5.41, 5.74) is 1.83. The van der Waals surface area contributed by atoms with Gasteiger partial charge in [0.2, 0.25) is 5.91 Å². The molecule has 8 heteroatoms. The highest BCUT2D eigenvalue weighted by Crippen LogP contribution is 2.27. The summed E-state index contributed by atoms with van der Waals surface area (Å²) in [7, 11) is 3.17. The highest BCUT2D eigenvalue weighted by molar-refractivity contribution is 8.15. The van der Waals surface area contributed by atoms with Crippen LogP contribution in [0.3, 0.4) is 0 Å². The van der Waals surface area contributed by atoms with Crippen molar-refractivity contribution in [1.29, 1.82) is 0 Å². The van der Waals surface area contributed by atoms with Crippen LogP contribution in [0, 0.1) is 0 Å². The minimum absolute atomic E-state index is 0.0198. The average Bonchev–Trinajstić information content (AvgIpc) is 3.12. The van der Waals surface area contributed by atoms with E-state index in [0.717, 1.165) is 23.3 Å². The minimum atomic E-state index is 0.0198. The fourth-order valence-electron chi connectivity index (χ4n) is 2.80. The molecule has 0 aromatic heterocycles. The standard InChI is InChI=1S/C22H25N3O4S/c1-4-11-29-18-8-5-16(6-9-18)14-25-21(26)15-30-22(25)24-23-13-17-7-10-19(27-2)20(12-17)28-3/h5-10,12-13H,4,11,14-15H2,1-3H3/b23-13+,24-22+. The van der Waals surface area contributed by atoms with Gasteiger partial charge in [0.25, 0.3) is 0 Å². The highest BCUT2D eigenvalue weighted by atomic mass is 32.2. The van der Waals surface area contributed by atoms with Gasteiger partial charge >= 0.3 is 0 Å². The maximum Gasteiger partial charge on any atom is 0.239 e. The molecule has 30 heavy (non-hydrogen) atoms. The van der Waals surface area contributed by atoms with E-state index in [0.29, 0.717) is 35.6 Å². The number of thioether (sulfide) groups is 1. The number of amidine groups is 1. The van der Waals surface area contributed by atoms with Crippen molar-refractivity contribution >= 4 is 29.1 Å². The van der Waals surface area contributed by atoms with Crippen molar-refractivity contribution in [3.05, 3.63) is 53.6 Å². The number of rotatable bonds is 9. The zero-order valence-corrected chi connectivity index (χ0v) is 18.1. The lowest BCUT2D eigenvalue weighted by Gasteiger charge is -2.15. The number of carbonyl (C=O) groups is 1. The van der Waals surface area contributed by atoms with Crippen LogP contribution in [0.1, 0.15) is 24.5 Å². The molecule has 1 aliphatic rings. The summed E-state index contributed by atoms with van der Waals surface area (Å²) in [6, 6.07) is 13.3. The van der Waals surface area contributed by atoms with Crippen LogP contribution in [0.25, 0.3) is 0 Å². The number of methoxy groups -OCH3 is 2. The van der Waals surface area contributed by atoms with Gasteiger partial charge in [-0.1, -0.05) is 30.8 Å². The van der Waals surface area contributed by atoms with Crippen LogP contribution in [0.5, 0.6) is 17.2 Å².